The zero-order valence-corrected chi connectivity index (χ0v) is 17.0. The number of carbonyl (C=O) groups excluding carboxylic acids is 1. The number of ketones is 1. The number of rotatable bonds is 10. The highest BCUT2D eigenvalue weighted by molar-refractivity contribution is 7.99. The van der Waals surface area contributed by atoms with Gasteiger partial charge in [0.05, 0.1) is 18.4 Å². The molecule has 0 fully saturated rings. The van der Waals surface area contributed by atoms with Crippen LogP contribution < -0.4 is 5.69 Å². The maximum atomic E-state index is 12.7. The number of ether oxygens (including phenoxy) is 1. The van der Waals surface area contributed by atoms with Crippen LogP contribution in [0.2, 0.25) is 0 Å². The molecule has 0 saturated carbocycles. The van der Waals surface area contributed by atoms with Gasteiger partial charge in [-0.1, -0.05) is 25.1 Å². The van der Waals surface area contributed by atoms with Crippen molar-refractivity contribution in [2.45, 2.75) is 58.3 Å². The second kappa shape index (κ2) is 9.23. The van der Waals surface area contributed by atoms with Crippen LogP contribution in [0.25, 0.3) is 0 Å². The van der Waals surface area contributed by atoms with Gasteiger partial charge in [-0.05, 0) is 33.3 Å². The first kappa shape index (κ1) is 20.5. The topological polar surface area (TPSA) is 81.9 Å². The van der Waals surface area contributed by atoms with Crippen molar-refractivity contribution in [3.8, 4) is 0 Å². The average molecular weight is 381 g/mol. The number of methoxy groups -OCH3 is 1. The molecular formula is C18H28N4O3S. The van der Waals surface area contributed by atoms with Gasteiger partial charge in [0.2, 0.25) is 0 Å². The smallest absolute Gasteiger partial charge is 0.343 e. The fourth-order valence-corrected chi connectivity index (χ4v) is 4.04. The van der Waals surface area contributed by atoms with E-state index in [-0.39, 0.29) is 23.3 Å². The number of carbonyl (C=O) groups is 1. The van der Waals surface area contributed by atoms with Gasteiger partial charge in [0.15, 0.2) is 10.9 Å². The third kappa shape index (κ3) is 4.48. The Balaban J connectivity index is 2.12. The lowest BCUT2D eigenvalue weighted by molar-refractivity contribution is 0.102. The van der Waals surface area contributed by atoms with E-state index in [0.29, 0.717) is 18.3 Å². The summed E-state index contributed by atoms with van der Waals surface area (Å²) in [4.78, 5) is 24.6. The zero-order valence-electron chi connectivity index (χ0n) is 16.2. The summed E-state index contributed by atoms with van der Waals surface area (Å²) in [6.07, 6.45) is 1.89. The highest BCUT2D eigenvalue weighted by Gasteiger charge is 2.20. The first-order valence-electron chi connectivity index (χ1n) is 8.89. The first-order chi connectivity index (χ1) is 12.4. The van der Waals surface area contributed by atoms with E-state index < -0.39 is 0 Å². The summed E-state index contributed by atoms with van der Waals surface area (Å²) in [7, 11) is 1.68. The number of hydrogen-bond acceptors (Lipinski definition) is 5. The largest absolute Gasteiger partial charge is 0.383 e. The molecule has 1 unspecified atom stereocenters. The summed E-state index contributed by atoms with van der Waals surface area (Å²) in [5.74, 6) is 0.288. The monoisotopic (exact) mass is 380 g/mol. The average Bonchev–Trinajstić information content (AvgIpc) is 3.10. The number of aromatic amines is 1. The molecular weight excluding hydrogens is 352 g/mol. The number of aryl methyl sites for hydroxylation is 1. The van der Waals surface area contributed by atoms with Crippen molar-refractivity contribution in [2.75, 3.05) is 19.5 Å². The maximum Gasteiger partial charge on any atom is 0.343 e. The van der Waals surface area contributed by atoms with E-state index in [9.17, 15) is 9.59 Å². The molecule has 2 aromatic heterocycles. The molecule has 2 rings (SSSR count). The number of Topliss-reactive ketones (excluding diaryl/α,β-unsaturated/α-hetero) is 1. The van der Waals surface area contributed by atoms with E-state index in [2.05, 4.69) is 28.6 Å². The molecule has 144 valence electrons. The number of H-pyrrole nitrogens is 1. The van der Waals surface area contributed by atoms with Crippen LogP contribution in [0.4, 0.5) is 0 Å². The van der Waals surface area contributed by atoms with Crippen LogP contribution in [-0.4, -0.2) is 44.6 Å². The molecule has 2 aromatic rings. The van der Waals surface area contributed by atoms with Crippen molar-refractivity contribution in [3.05, 3.63) is 33.5 Å². The highest BCUT2D eigenvalue weighted by Crippen LogP contribution is 2.23. The van der Waals surface area contributed by atoms with Crippen LogP contribution in [-0.2, 0) is 11.3 Å². The predicted octanol–water partition coefficient (Wildman–Crippen LogP) is 2.97. The van der Waals surface area contributed by atoms with E-state index in [1.807, 2.05) is 19.9 Å². The third-order valence-corrected chi connectivity index (χ3v) is 5.40. The molecule has 0 aliphatic heterocycles. The Morgan fingerprint density at radius 3 is 2.81 bits per heavy atom. The van der Waals surface area contributed by atoms with Crippen LogP contribution in [0, 0.1) is 13.8 Å². The lowest BCUT2D eigenvalue weighted by atomic mass is 10.2. The lowest BCUT2D eigenvalue weighted by Crippen LogP contribution is -2.18. The van der Waals surface area contributed by atoms with E-state index in [1.165, 1.54) is 11.8 Å². The first-order valence-corrected chi connectivity index (χ1v) is 9.87. The van der Waals surface area contributed by atoms with Crippen LogP contribution >= 0.6 is 11.8 Å². The summed E-state index contributed by atoms with van der Waals surface area (Å²) in [6, 6.07) is 2.10. The summed E-state index contributed by atoms with van der Waals surface area (Å²) >= 11 is 1.30. The summed E-state index contributed by atoms with van der Waals surface area (Å²) in [5, 5.41) is 7.08. The second-order valence-electron chi connectivity index (χ2n) is 6.49. The normalized spacial score (nSPS) is 12.5. The standard InChI is InChI=1S/C18H28N4O3S/c1-6-7-8-21-17(24)19-20-18(21)26-11-16(23)15-9-12(2)22(14(15)4)13(3)10-25-5/h9,13H,6-8,10-11H2,1-5H3,(H,19,24). The molecule has 0 aromatic carbocycles. The Morgan fingerprint density at radius 2 is 2.15 bits per heavy atom. The molecule has 1 N–H and O–H groups in total. The van der Waals surface area contributed by atoms with Crippen molar-refractivity contribution in [3.63, 3.8) is 0 Å². The SMILES string of the molecule is CCCCn1c(SCC(=O)c2cc(C)n(C(C)COC)c2C)n[nH]c1=O. The Bertz CT molecular complexity index is 806. The minimum absolute atomic E-state index is 0.0384. The van der Waals surface area contributed by atoms with Gasteiger partial charge in [-0.25, -0.2) is 9.89 Å². The molecule has 0 aliphatic rings. The minimum atomic E-state index is -0.222. The predicted molar refractivity (Wildman–Crippen MR) is 103 cm³/mol. The molecule has 8 heteroatoms. The fraction of sp³-hybridized carbons (Fsp3) is 0.611. The quantitative estimate of drug-likeness (QED) is 0.506. The second-order valence-corrected chi connectivity index (χ2v) is 7.43. The Morgan fingerprint density at radius 1 is 1.42 bits per heavy atom. The van der Waals surface area contributed by atoms with E-state index in [1.54, 1.807) is 11.7 Å². The van der Waals surface area contributed by atoms with Crippen molar-refractivity contribution < 1.29 is 9.53 Å². The molecule has 0 amide bonds. The molecule has 0 spiro atoms. The maximum absolute atomic E-state index is 12.7. The van der Waals surface area contributed by atoms with Gasteiger partial charge in [-0.3, -0.25) is 9.36 Å². The molecule has 0 saturated heterocycles. The van der Waals surface area contributed by atoms with Crippen LogP contribution in [0.3, 0.4) is 0 Å². The van der Waals surface area contributed by atoms with Gasteiger partial charge < -0.3 is 9.30 Å². The molecule has 0 bridgehead atoms. The van der Waals surface area contributed by atoms with E-state index >= 15 is 0 Å². The van der Waals surface area contributed by atoms with Gasteiger partial charge in [0, 0.05) is 30.6 Å². The molecule has 0 aliphatic carbocycles. The summed E-state index contributed by atoms with van der Waals surface area (Å²) < 4.78 is 8.97. The molecule has 7 nitrogen and oxygen atoms in total. The van der Waals surface area contributed by atoms with E-state index in [4.69, 9.17) is 4.74 Å². The Labute approximate surface area is 158 Å². The van der Waals surface area contributed by atoms with Gasteiger partial charge in [-0.2, -0.15) is 0 Å². The number of aromatic nitrogens is 4. The lowest BCUT2D eigenvalue weighted by Gasteiger charge is -2.17. The van der Waals surface area contributed by atoms with Gasteiger partial charge in [0.25, 0.3) is 0 Å². The number of nitrogens with one attached hydrogen (secondary N) is 1. The van der Waals surface area contributed by atoms with Gasteiger partial charge in [-0.15, -0.1) is 5.10 Å². The summed E-state index contributed by atoms with van der Waals surface area (Å²) in [5.41, 5.74) is 2.49. The number of hydrogen-bond donors (Lipinski definition) is 1. The highest BCUT2D eigenvalue weighted by atomic mass is 32.2. The molecule has 26 heavy (non-hydrogen) atoms. The molecule has 2 heterocycles. The molecule has 0 radical (unpaired) electrons. The van der Waals surface area contributed by atoms with Crippen LogP contribution in [0.1, 0.15) is 54.5 Å². The van der Waals surface area contributed by atoms with Crippen LogP contribution in [0.15, 0.2) is 16.0 Å². The van der Waals surface area contributed by atoms with Crippen molar-refractivity contribution in [2.24, 2.45) is 0 Å². The van der Waals surface area contributed by atoms with Crippen molar-refractivity contribution in [1.82, 2.24) is 19.3 Å². The Kier molecular flexibility index (Phi) is 7.28. The minimum Gasteiger partial charge on any atom is -0.383 e. The van der Waals surface area contributed by atoms with Crippen molar-refractivity contribution in [1.29, 1.82) is 0 Å². The van der Waals surface area contributed by atoms with Crippen molar-refractivity contribution >= 4 is 17.5 Å². The van der Waals surface area contributed by atoms with E-state index in [0.717, 1.165) is 29.8 Å². The number of thioether (sulfide) groups is 1. The van der Waals surface area contributed by atoms with Gasteiger partial charge in [0.1, 0.15) is 0 Å². The number of nitrogens with zero attached hydrogens (tertiary/aromatic N) is 3. The fourth-order valence-electron chi connectivity index (χ4n) is 3.19. The zero-order chi connectivity index (χ0) is 19.3. The third-order valence-electron chi connectivity index (χ3n) is 4.42. The van der Waals surface area contributed by atoms with Crippen LogP contribution in [0.5, 0.6) is 0 Å². The Hall–Kier alpha value is -1.80. The molecule has 1 atom stereocenters. The number of unbranched alkanes of at least 4 members (excludes halogenated alkanes) is 1. The summed E-state index contributed by atoms with van der Waals surface area (Å²) in [6.45, 7) is 9.31. The van der Waals surface area contributed by atoms with Gasteiger partial charge >= 0.3 is 5.69 Å².